The zero-order valence-corrected chi connectivity index (χ0v) is 5.91. The lowest BCUT2D eigenvalue weighted by atomic mass is 10.3. The van der Waals surface area contributed by atoms with Crippen molar-refractivity contribution < 1.29 is 21.6 Å². The van der Waals surface area contributed by atoms with E-state index in [9.17, 15) is 21.6 Å². The first-order valence-corrected chi connectivity index (χ1v) is 3.96. The highest BCUT2D eigenvalue weighted by Gasteiger charge is 2.25. The van der Waals surface area contributed by atoms with E-state index < -0.39 is 23.3 Å². The van der Waals surface area contributed by atoms with Gasteiger partial charge in [0.1, 0.15) is 10.7 Å². The Kier molecular flexibility index (Phi) is 3.70. The predicted octanol–water partition coefficient (Wildman–Crippen LogP) is 0.940. The van der Waals surface area contributed by atoms with Gasteiger partial charge in [-0.25, -0.2) is 8.42 Å². The van der Waals surface area contributed by atoms with Crippen LogP contribution in [-0.4, -0.2) is 20.3 Å². The normalized spacial score (nSPS) is 12.4. The first-order chi connectivity index (χ1) is 4.42. The van der Waals surface area contributed by atoms with Crippen molar-refractivity contribution in [1.82, 2.24) is 0 Å². The Morgan fingerprint density at radius 3 is 2.00 bits per heavy atom. The second-order valence-corrected chi connectivity index (χ2v) is 2.89. The van der Waals surface area contributed by atoms with E-state index in [1.807, 2.05) is 0 Å². The number of hydrogen-bond donors (Lipinski definition) is 1. The SMILES string of the molecule is O=[SH](=O)CCCC(F)(F)F. The molecule has 0 bridgehead atoms. The summed E-state index contributed by atoms with van der Waals surface area (Å²) in [6.45, 7) is 0. The van der Waals surface area contributed by atoms with Gasteiger partial charge in [0.15, 0.2) is 0 Å². The van der Waals surface area contributed by atoms with Crippen LogP contribution in [0.3, 0.4) is 0 Å². The summed E-state index contributed by atoms with van der Waals surface area (Å²) in [6.07, 6.45) is -5.58. The van der Waals surface area contributed by atoms with Gasteiger partial charge in [0.05, 0.1) is 0 Å². The van der Waals surface area contributed by atoms with Crippen LogP contribution in [0.1, 0.15) is 12.8 Å². The lowest BCUT2D eigenvalue weighted by molar-refractivity contribution is -0.134. The quantitative estimate of drug-likeness (QED) is 0.649. The lowest BCUT2D eigenvalue weighted by Gasteiger charge is -2.01. The Hall–Kier alpha value is -0.260. The molecule has 0 fully saturated rings. The number of rotatable bonds is 3. The number of thiol groups is 1. The highest BCUT2D eigenvalue weighted by molar-refractivity contribution is 7.72. The Balaban J connectivity index is 3.38. The third kappa shape index (κ3) is 7.74. The summed E-state index contributed by atoms with van der Waals surface area (Å²) in [5, 5.41) is 0. The average molecular weight is 176 g/mol. The van der Waals surface area contributed by atoms with Gasteiger partial charge in [0, 0.05) is 12.2 Å². The number of hydrogen-bond acceptors (Lipinski definition) is 2. The topological polar surface area (TPSA) is 34.1 Å². The highest BCUT2D eigenvalue weighted by atomic mass is 32.2. The molecule has 10 heavy (non-hydrogen) atoms. The van der Waals surface area contributed by atoms with Crippen LogP contribution in [0.25, 0.3) is 0 Å². The lowest BCUT2D eigenvalue weighted by Crippen LogP contribution is -2.07. The summed E-state index contributed by atoms with van der Waals surface area (Å²) in [6, 6.07) is 0. The van der Waals surface area contributed by atoms with E-state index in [0.29, 0.717) is 0 Å². The van der Waals surface area contributed by atoms with Crippen molar-refractivity contribution in [2.24, 2.45) is 0 Å². The van der Waals surface area contributed by atoms with Gasteiger partial charge >= 0.3 is 6.18 Å². The Morgan fingerprint density at radius 2 is 1.70 bits per heavy atom. The maximum absolute atomic E-state index is 11.3. The molecule has 0 rings (SSSR count). The molecule has 62 valence electrons. The molecule has 0 unspecified atom stereocenters. The van der Waals surface area contributed by atoms with Crippen molar-refractivity contribution in [3.8, 4) is 0 Å². The standard InChI is InChI=1S/C4H7F3O2S/c5-4(6,7)2-1-3-10(8)9/h10H,1-3H2. The molecule has 0 aromatic carbocycles. The van der Waals surface area contributed by atoms with Crippen molar-refractivity contribution in [1.29, 1.82) is 0 Å². The Morgan fingerprint density at radius 1 is 1.20 bits per heavy atom. The van der Waals surface area contributed by atoms with Gasteiger partial charge in [-0.3, -0.25) is 0 Å². The van der Waals surface area contributed by atoms with Crippen molar-refractivity contribution >= 4 is 10.7 Å². The predicted molar refractivity (Wildman–Crippen MR) is 30.5 cm³/mol. The van der Waals surface area contributed by atoms with Crippen molar-refractivity contribution in [3.05, 3.63) is 0 Å². The van der Waals surface area contributed by atoms with Gasteiger partial charge < -0.3 is 0 Å². The fraction of sp³-hybridized carbons (Fsp3) is 1.00. The maximum Gasteiger partial charge on any atom is 0.389 e. The zero-order chi connectivity index (χ0) is 8.20. The molecule has 0 aromatic rings. The third-order valence-corrected chi connectivity index (χ3v) is 1.48. The zero-order valence-electron chi connectivity index (χ0n) is 5.02. The van der Waals surface area contributed by atoms with Crippen LogP contribution in [0, 0.1) is 0 Å². The minimum atomic E-state index is -4.23. The molecule has 0 aliphatic rings. The molecule has 0 heterocycles. The van der Waals surface area contributed by atoms with Gasteiger partial charge in [-0.05, 0) is 6.42 Å². The maximum atomic E-state index is 11.3. The van der Waals surface area contributed by atoms with Crippen LogP contribution in [0.15, 0.2) is 0 Å². The fourth-order valence-electron chi connectivity index (χ4n) is 0.409. The summed E-state index contributed by atoms with van der Waals surface area (Å²) in [4.78, 5) is 0. The number of halogens is 3. The third-order valence-electron chi connectivity index (χ3n) is 0.801. The largest absolute Gasteiger partial charge is 0.389 e. The summed E-state index contributed by atoms with van der Waals surface area (Å²) >= 11 is 0. The van der Waals surface area contributed by atoms with Gasteiger partial charge in [0.2, 0.25) is 0 Å². The monoisotopic (exact) mass is 176 g/mol. The first-order valence-electron chi connectivity index (χ1n) is 2.60. The van der Waals surface area contributed by atoms with Crippen LogP contribution < -0.4 is 0 Å². The van der Waals surface area contributed by atoms with E-state index in [0.717, 1.165) is 0 Å². The smallest absolute Gasteiger partial charge is 0.232 e. The average Bonchev–Trinajstić information content (AvgIpc) is 1.59. The van der Waals surface area contributed by atoms with Crippen LogP contribution in [-0.2, 0) is 10.7 Å². The second kappa shape index (κ2) is 3.80. The van der Waals surface area contributed by atoms with Crippen LogP contribution in [0.4, 0.5) is 13.2 Å². The molecular weight excluding hydrogens is 169 g/mol. The highest BCUT2D eigenvalue weighted by Crippen LogP contribution is 2.20. The molecule has 2 nitrogen and oxygen atoms in total. The van der Waals surface area contributed by atoms with E-state index in [1.165, 1.54) is 0 Å². The molecular formula is C4H7F3O2S. The molecule has 0 saturated carbocycles. The number of alkyl halides is 3. The molecule has 0 aliphatic carbocycles. The fourth-order valence-corrected chi connectivity index (χ4v) is 0.825. The second-order valence-electron chi connectivity index (χ2n) is 1.78. The van der Waals surface area contributed by atoms with Gasteiger partial charge in [0.25, 0.3) is 0 Å². The van der Waals surface area contributed by atoms with Crippen LogP contribution in [0.5, 0.6) is 0 Å². The molecule has 0 aliphatic heterocycles. The first kappa shape index (κ1) is 9.74. The minimum Gasteiger partial charge on any atom is -0.232 e. The van der Waals surface area contributed by atoms with E-state index in [1.54, 1.807) is 0 Å². The minimum absolute atomic E-state index is 0.331. The van der Waals surface area contributed by atoms with Gasteiger partial charge in [-0.15, -0.1) is 0 Å². The molecule has 0 aromatic heterocycles. The van der Waals surface area contributed by atoms with Crippen molar-refractivity contribution in [2.75, 3.05) is 5.75 Å². The molecule has 6 heteroatoms. The summed E-state index contributed by atoms with van der Waals surface area (Å²) in [5.41, 5.74) is 0. The van der Waals surface area contributed by atoms with Gasteiger partial charge in [-0.1, -0.05) is 0 Å². The molecule has 0 saturated heterocycles. The molecule has 0 amide bonds. The Bertz CT molecular complexity index is 152. The molecule has 0 N–H and O–H groups in total. The van der Waals surface area contributed by atoms with Crippen molar-refractivity contribution in [2.45, 2.75) is 19.0 Å². The van der Waals surface area contributed by atoms with E-state index in [2.05, 4.69) is 0 Å². The summed E-state index contributed by atoms with van der Waals surface area (Å²) < 4.78 is 53.4. The van der Waals surface area contributed by atoms with E-state index >= 15 is 0 Å². The molecule has 0 spiro atoms. The van der Waals surface area contributed by atoms with Crippen LogP contribution >= 0.6 is 0 Å². The molecule has 0 radical (unpaired) electrons. The van der Waals surface area contributed by atoms with Gasteiger partial charge in [-0.2, -0.15) is 13.2 Å². The van der Waals surface area contributed by atoms with Crippen molar-refractivity contribution in [3.63, 3.8) is 0 Å². The van der Waals surface area contributed by atoms with E-state index in [4.69, 9.17) is 0 Å². The summed E-state index contributed by atoms with van der Waals surface area (Å²) in [7, 11) is -2.65. The summed E-state index contributed by atoms with van der Waals surface area (Å²) in [5.74, 6) is -0.380. The van der Waals surface area contributed by atoms with Crippen LogP contribution in [0.2, 0.25) is 0 Å². The van der Waals surface area contributed by atoms with E-state index in [-0.39, 0.29) is 12.2 Å². The Labute approximate surface area is 58.0 Å². The molecule has 0 atom stereocenters.